The number of pyridine rings is 1. The van der Waals surface area contributed by atoms with Gasteiger partial charge in [-0.05, 0) is 56.0 Å². The molecular weight excluding hydrogens is 354 g/mol. The third-order valence-electron chi connectivity index (χ3n) is 5.74. The van der Waals surface area contributed by atoms with Crippen LogP contribution >= 0.6 is 0 Å². The lowest BCUT2D eigenvalue weighted by molar-refractivity contribution is 0.949. The fraction of sp³-hybridized carbons (Fsp3) is 0.423. The molecule has 0 bridgehead atoms. The Balaban J connectivity index is 0.000000645. The van der Waals surface area contributed by atoms with Gasteiger partial charge < -0.3 is 9.80 Å². The summed E-state index contributed by atoms with van der Waals surface area (Å²) in [5.41, 5.74) is 6.10. The van der Waals surface area contributed by atoms with Crippen molar-refractivity contribution in [3.63, 3.8) is 0 Å². The van der Waals surface area contributed by atoms with Crippen molar-refractivity contribution in [1.29, 1.82) is 0 Å². The zero-order chi connectivity index (χ0) is 20.1. The van der Waals surface area contributed by atoms with Gasteiger partial charge in [0.15, 0.2) is 0 Å². The molecule has 0 spiro atoms. The first-order chi connectivity index (χ1) is 14.3. The van der Waals surface area contributed by atoms with Crippen molar-refractivity contribution in [2.75, 3.05) is 36.0 Å². The maximum Gasteiger partial charge on any atom is 0.0711 e. The van der Waals surface area contributed by atoms with Gasteiger partial charge in [-0.15, -0.1) is 0 Å². The summed E-state index contributed by atoms with van der Waals surface area (Å²) in [5, 5.41) is 1.20. The zero-order valence-corrected chi connectivity index (χ0v) is 17.9. The van der Waals surface area contributed by atoms with Crippen LogP contribution in [0.3, 0.4) is 0 Å². The molecular formula is C26H33N3. The van der Waals surface area contributed by atoms with Crippen LogP contribution in [0.25, 0.3) is 22.2 Å². The van der Waals surface area contributed by atoms with Gasteiger partial charge in [0.25, 0.3) is 0 Å². The van der Waals surface area contributed by atoms with Gasteiger partial charge in [-0.2, -0.15) is 0 Å². The van der Waals surface area contributed by atoms with Gasteiger partial charge in [0.1, 0.15) is 0 Å². The van der Waals surface area contributed by atoms with Crippen molar-refractivity contribution in [2.24, 2.45) is 0 Å². The summed E-state index contributed by atoms with van der Waals surface area (Å²) < 4.78 is 0. The average Bonchev–Trinajstić information content (AvgIpc) is 3.48. The number of nitrogens with zero attached hydrogens (tertiary/aromatic N) is 3. The van der Waals surface area contributed by atoms with Crippen LogP contribution in [0.4, 0.5) is 11.4 Å². The zero-order valence-electron chi connectivity index (χ0n) is 17.9. The second-order valence-electron chi connectivity index (χ2n) is 8.22. The first-order valence-corrected chi connectivity index (χ1v) is 11.3. The topological polar surface area (TPSA) is 19.4 Å². The van der Waals surface area contributed by atoms with Crippen molar-refractivity contribution in [1.82, 2.24) is 4.98 Å². The molecule has 2 saturated heterocycles. The van der Waals surface area contributed by atoms with E-state index in [-0.39, 0.29) is 0 Å². The van der Waals surface area contributed by atoms with Crippen molar-refractivity contribution in [3.8, 4) is 11.3 Å². The maximum atomic E-state index is 4.94. The molecule has 0 N–H and O–H groups in total. The van der Waals surface area contributed by atoms with Crippen LogP contribution in [-0.2, 0) is 0 Å². The highest BCUT2D eigenvalue weighted by atomic mass is 15.2. The molecule has 0 aliphatic carbocycles. The van der Waals surface area contributed by atoms with E-state index in [9.17, 15) is 0 Å². The Bertz CT molecular complexity index is 903. The highest BCUT2D eigenvalue weighted by Crippen LogP contribution is 2.33. The van der Waals surface area contributed by atoms with Gasteiger partial charge in [-0.25, -0.2) is 4.98 Å². The number of hydrogen-bond donors (Lipinski definition) is 0. The minimum Gasteiger partial charge on any atom is -0.371 e. The number of anilines is 2. The highest BCUT2D eigenvalue weighted by molar-refractivity contribution is 5.83. The monoisotopic (exact) mass is 387 g/mol. The van der Waals surface area contributed by atoms with Gasteiger partial charge in [0, 0.05) is 48.5 Å². The van der Waals surface area contributed by atoms with Crippen LogP contribution in [0, 0.1) is 0 Å². The number of rotatable bonds is 3. The van der Waals surface area contributed by atoms with Crippen LogP contribution < -0.4 is 9.80 Å². The van der Waals surface area contributed by atoms with Gasteiger partial charge in [0.05, 0.1) is 11.2 Å². The minimum atomic E-state index is 1.07. The molecule has 152 valence electrons. The predicted octanol–water partition coefficient (Wildman–Crippen LogP) is 6.52. The molecule has 3 heterocycles. The van der Waals surface area contributed by atoms with Gasteiger partial charge in [-0.3, -0.25) is 0 Å². The number of fused-ring (bicyclic) bond motifs is 1. The van der Waals surface area contributed by atoms with Crippen molar-refractivity contribution < 1.29 is 0 Å². The molecule has 2 aliphatic heterocycles. The molecule has 3 aromatic rings. The van der Waals surface area contributed by atoms with E-state index in [0.717, 1.165) is 11.2 Å². The predicted molar refractivity (Wildman–Crippen MR) is 126 cm³/mol. The smallest absolute Gasteiger partial charge is 0.0711 e. The summed E-state index contributed by atoms with van der Waals surface area (Å²) in [7, 11) is 0. The van der Waals surface area contributed by atoms with E-state index < -0.39 is 0 Å². The first kappa shape index (κ1) is 19.8. The number of benzene rings is 2. The van der Waals surface area contributed by atoms with Gasteiger partial charge >= 0.3 is 0 Å². The Labute approximate surface area is 175 Å². The fourth-order valence-corrected chi connectivity index (χ4v) is 4.29. The molecule has 0 saturated carbocycles. The quantitative estimate of drug-likeness (QED) is 0.510. The molecule has 29 heavy (non-hydrogen) atoms. The van der Waals surface area contributed by atoms with E-state index >= 15 is 0 Å². The van der Waals surface area contributed by atoms with Crippen molar-refractivity contribution in [3.05, 3.63) is 54.6 Å². The molecule has 1 aromatic heterocycles. The molecule has 0 unspecified atom stereocenters. The standard InChI is InChI=1S/C23H25N3.C3H8/c1-2-8-22-18(7-1)9-10-23(24-22)19-15-20(25-11-3-4-12-25)17-21(16-19)26-13-5-6-14-26;1-3-2/h1-2,7-10,15-17H,3-6,11-14H2;3H2,1-2H3. The third-order valence-corrected chi connectivity index (χ3v) is 5.74. The Kier molecular flexibility index (Phi) is 6.33. The first-order valence-electron chi connectivity index (χ1n) is 11.3. The van der Waals surface area contributed by atoms with Crippen LogP contribution in [-0.4, -0.2) is 31.2 Å². The number of para-hydroxylation sites is 1. The van der Waals surface area contributed by atoms with Crippen LogP contribution in [0.5, 0.6) is 0 Å². The lowest BCUT2D eigenvalue weighted by Crippen LogP contribution is -2.21. The molecule has 2 fully saturated rings. The lowest BCUT2D eigenvalue weighted by atomic mass is 10.1. The summed E-state index contributed by atoms with van der Waals surface area (Å²) in [5.74, 6) is 0. The molecule has 5 rings (SSSR count). The molecule has 3 heteroatoms. The minimum absolute atomic E-state index is 1.07. The van der Waals surface area contributed by atoms with Crippen molar-refractivity contribution in [2.45, 2.75) is 46.0 Å². The summed E-state index contributed by atoms with van der Waals surface area (Å²) in [6.45, 7) is 8.95. The van der Waals surface area contributed by atoms with Crippen molar-refractivity contribution >= 4 is 22.3 Å². The van der Waals surface area contributed by atoms with Gasteiger partial charge in [-0.1, -0.05) is 44.5 Å². The molecule has 2 aromatic carbocycles. The summed E-state index contributed by atoms with van der Waals surface area (Å²) in [4.78, 5) is 10.0. The normalized spacial score (nSPS) is 16.2. The molecule has 0 radical (unpaired) electrons. The van der Waals surface area contributed by atoms with E-state index in [2.05, 4.69) is 78.2 Å². The van der Waals surface area contributed by atoms with E-state index in [1.807, 2.05) is 0 Å². The number of hydrogen-bond acceptors (Lipinski definition) is 3. The lowest BCUT2D eigenvalue weighted by Gasteiger charge is -2.24. The Morgan fingerprint density at radius 3 is 1.86 bits per heavy atom. The Morgan fingerprint density at radius 1 is 0.724 bits per heavy atom. The van der Waals surface area contributed by atoms with Crippen LogP contribution in [0.1, 0.15) is 46.0 Å². The SMILES string of the molecule is CCC.c1ccc2nc(-c3cc(N4CCCC4)cc(N4CCCC4)c3)ccc2c1. The third kappa shape index (κ3) is 4.55. The molecule has 2 aliphatic rings. The van der Waals surface area contributed by atoms with E-state index in [1.54, 1.807) is 0 Å². The maximum absolute atomic E-state index is 4.94. The van der Waals surface area contributed by atoms with Crippen LogP contribution in [0.15, 0.2) is 54.6 Å². The van der Waals surface area contributed by atoms with E-state index in [4.69, 9.17) is 4.98 Å². The number of aromatic nitrogens is 1. The second-order valence-corrected chi connectivity index (χ2v) is 8.22. The summed E-state index contributed by atoms with van der Waals surface area (Å²) in [6, 6.07) is 19.8. The molecule has 0 amide bonds. The van der Waals surface area contributed by atoms with E-state index in [0.29, 0.717) is 0 Å². The summed E-state index contributed by atoms with van der Waals surface area (Å²) in [6.07, 6.45) is 6.46. The highest BCUT2D eigenvalue weighted by Gasteiger charge is 2.18. The average molecular weight is 388 g/mol. The molecule has 3 nitrogen and oxygen atoms in total. The largest absolute Gasteiger partial charge is 0.371 e. The molecule has 0 atom stereocenters. The van der Waals surface area contributed by atoms with Gasteiger partial charge in [0.2, 0.25) is 0 Å². The van der Waals surface area contributed by atoms with Crippen LogP contribution in [0.2, 0.25) is 0 Å². The fourth-order valence-electron chi connectivity index (χ4n) is 4.29. The Morgan fingerprint density at radius 2 is 1.28 bits per heavy atom. The summed E-state index contributed by atoms with van der Waals surface area (Å²) >= 11 is 0. The van der Waals surface area contributed by atoms with E-state index in [1.165, 1.54) is 80.6 Å². The second kappa shape index (κ2) is 9.30. The Hall–Kier alpha value is -2.55.